The van der Waals surface area contributed by atoms with Crippen molar-refractivity contribution in [2.75, 3.05) is 0 Å². The summed E-state index contributed by atoms with van der Waals surface area (Å²) in [4.78, 5) is 11.7. The van der Waals surface area contributed by atoms with E-state index in [-0.39, 0.29) is 24.4 Å². The average molecular weight is 536 g/mol. The van der Waals surface area contributed by atoms with E-state index in [9.17, 15) is 15.0 Å². The topological polar surface area (TPSA) is 77.8 Å². The number of thiophene rings is 1. The average Bonchev–Trinajstić information content (AvgIpc) is 3.16. The van der Waals surface area contributed by atoms with Crippen LogP contribution in [0.5, 0.6) is 0 Å². The molecular weight excluding hydrogens is 508 g/mol. The molecule has 0 amide bonds. The zero-order valence-electron chi connectivity index (χ0n) is 15.8. The first-order valence-electron chi connectivity index (χ1n) is 9.71. The summed E-state index contributed by atoms with van der Waals surface area (Å²) in [5.74, 6) is -0.315. The molecule has 1 aromatic rings. The van der Waals surface area contributed by atoms with Crippen molar-refractivity contribution in [2.45, 2.75) is 63.6 Å². The molecule has 156 valence electrons. The largest absolute Gasteiger partial charge is 0.481 e. The number of carboxylic acids is 1. The Kier molecular flexibility index (Phi) is 10.4. The fourth-order valence-corrected chi connectivity index (χ4v) is 5.75. The van der Waals surface area contributed by atoms with Gasteiger partial charge in [0, 0.05) is 15.8 Å². The molecule has 1 heterocycles. The van der Waals surface area contributed by atoms with E-state index in [1.807, 2.05) is 12.2 Å². The van der Waals surface area contributed by atoms with Crippen LogP contribution in [0.2, 0.25) is 0 Å². The van der Waals surface area contributed by atoms with Crippen molar-refractivity contribution in [3.8, 4) is 0 Å². The van der Waals surface area contributed by atoms with Crippen LogP contribution in [0, 0.1) is 11.8 Å². The van der Waals surface area contributed by atoms with Crippen LogP contribution in [0.15, 0.2) is 38.6 Å². The molecule has 0 aliphatic heterocycles. The van der Waals surface area contributed by atoms with Gasteiger partial charge in [0.25, 0.3) is 0 Å². The summed E-state index contributed by atoms with van der Waals surface area (Å²) in [6.45, 7) is 0. The van der Waals surface area contributed by atoms with Crippen LogP contribution < -0.4 is 0 Å². The molecule has 0 bridgehead atoms. The van der Waals surface area contributed by atoms with Gasteiger partial charge in [0.15, 0.2) is 0 Å². The second-order valence-electron chi connectivity index (χ2n) is 7.29. The standard InChI is InChI=1S/C21H28Br2O4S/c22-18-13-16(28-21(18)23)11-10-15(24)9-7-14-8-12-19(25)17(14)5-3-1-2-4-6-20(26)27/h1,3,7,9,13-15,17,19,24-25H,2,4-6,8,10-12H2,(H,26,27)/b3-1-,9-7+/t14-,15+,17+,19?/m0/s1. The Morgan fingerprint density at radius 2 is 2.11 bits per heavy atom. The first kappa shape index (κ1) is 23.8. The van der Waals surface area contributed by atoms with Gasteiger partial charge in [-0.1, -0.05) is 24.3 Å². The molecule has 0 aromatic carbocycles. The lowest BCUT2D eigenvalue weighted by atomic mass is 9.90. The Morgan fingerprint density at radius 1 is 1.32 bits per heavy atom. The third-order valence-electron chi connectivity index (χ3n) is 5.14. The minimum Gasteiger partial charge on any atom is -0.481 e. The third kappa shape index (κ3) is 8.11. The van der Waals surface area contributed by atoms with Gasteiger partial charge in [-0.05, 0) is 94.7 Å². The smallest absolute Gasteiger partial charge is 0.303 e. The molecule has 1 aliphatic carbocycles. The molecule has 28 heavy (non-hydrogen) atoms. The van der Waals surface area contributed by atoms with Crippen LogP contribution in [-0.4, -0.2) is 33.5 Å². The number of aliphatic hydroxyl groups excluding tert-OH is 2. The number of rotatable bonds is 11. The molecule has 1 fully saturated rings. The van der Waals surface area contributed by atoms with E-state index in [0.717, 1.165) is 40.4 Å². The molecule has 4 atom stereocenters. The summed E-state index contributed by atoms with van der Waals surface area (Å²) in [5, 5.41) is 29.2. The molecule has 1 aromatic heterocycles. The van der Waals surface area contributed by atoms with Gasteiger partial charge in [0.1, 0.15) is 0 Å². The maximum absolute atomic E-state index is 10.5. The Morgan fingerprint density at radius 3 is 2.79 bits per heavy atom. The van der Waals surface area contributed by atoms with Crippen molar-refractivity contribution >= 4 is 49.2 Å². The third-order valence-corrected chi connectivity index (χ3v) is 8.46. The summed E-state index contributed by atoms with van der Waals surface area (Å²) >= 11 is 8.65. The minimum atomic E-state index is -0.761. The van der Waals surface area contributed by atoms with Gasteiger partial charge in [0.2, 0.25) is 0 Å². The normalized spacial score (nSPS) is 23.8. The van der Waals surface area contributed by atoms with E-state index in [0.29, 0.717) is 12.8 Å². The number of allylic oxidation sites excluding steroid dienone is 3. The van der Waals surface area contributed by atoms with Crippen molar-refractivity contribution in [3.63, 3.8) is 0 Å². The molecule has 3 N–H and O–H groups in total. The number of hydrogen-bond donors (Lipinski definition) is 3. The van der Waals surface area contributed by atoms with Crippen molar-refractivity contribution in [3.05, 3.63) is 43.5 Å². The van der Waals surface area contributed by atoms with E-state index < -0.39 is 12.1 Å². The first-order valence-corrected chi connectivity index (χ1v) is 12.1. The van der Waals surface area contributed by atoms with Crippen LogP contribution in [0.4, 0.5) is 0 Å². The number of aliphatic hydroxyl groups is 2. The fraction of sp³-hybridized carbons (Fsp3) is 0.571. The molecule has 1 saturated carbocycles. The number of halogens is 2. The second-order valence-corrected chi connectivity index (χ2v) is 10.6. The highest BCUT2D eigenvalue weighted by Gasteiger charge is 2.32. The highest BCUT2D eigenvalue weighted by atomic mass is 79.9. The zero-order valence-corrected chi connectivity index (χ0v) is 19.8. The Bertz CT molecular complexity index is 666. The van der Waals surface area contributed by atoms with Crippen LogP contribution in [0.25, 0.3) is 0 Å². The van der Waals surface area contributed by atoms with Crippen LogP contribution in [-0.2, 0) is 11.2 Å². The van der Waals surface area contributed by atoms with E-state index >= 15 is 0 Å². The molecule has 0 radical (unpaired) electrons. The molecule has 7 heteroatoms. The molecule has 4 nitrogen and oxygen atoms in total. The summed E-state index contributed by atoms with van der Waals surface area (Å²) in [6.07, 6.45) is 12.9. The fourth-order valence-electron chi connectivity index (χ4n) is 3.56. The lowest BCUT2D eigenvalue weighted by Crippen LogP contribution is -2.17. The van der Waals surface area contributed by atoms with Crippen LogP contribution in [0.1, 0.15) is 49.8 Å². The monoisotopic (exact) mass is 534 g/mol. The van der Waals surface area contributed by atoms with E-state index in [1.54, 1.807) is 11.3 Å². The molecule has 1 unspecified atom stereocenters. The number of aliphatic carboxylic acids is 1. The summed E-state index contributed by atoms with van der Waals surface area (Å²) in [5.41, 5.74) is 0. The Labute approximate surface area is 187 Å². The van der Waals surface area contributed by atoms with Crippen molar-refractivity contribution in [1.82, 2.24) is 0 Å². The van der Waals surface area contributed by atoms with Crippen LogP contribution >= 0.6 is 43.2 Å². The van der Waals surface area contributed by atoms with Gasteiger partial charge in [-0.2, -0.15) is 0 Å². The molecule has 1 aliphatic rings. The summed E-state index contributed by atoms with van der Waals surface area (Å²) in [6, 6.07) is 2.08. The quantitative estimate of drug-likeness (QED) is 0.250. The zero-order chi connectivity index (χ0) is 20.5. The lowest BCUT2D eigenvalue weighted by Gasteiger charge is -2.18. The number of carbonyl (C=O) groups is 1. The van der Waals surface area contributed by atoms with Gasteiger partial charge in [-0.15, -0.1) is 11.3 Å². The first-order chi connectivity index (χ1) is 13.4. The Hall–Kier alpha value is -0.470. The minimum absolute atomic E-state index is 0.170. The van der Waals surface area contributed by atoms with E-state index in [1.165, 1.54) is 4.88 Å². The number of hydrogen-bond acceptors (Lipinski definition) is 4. The van der Waals surface area contributed by atoms with Gasteiger partial charge in [-0.25, -0.2) is 0 Å². The lowest BCUT2D eigenvalue weighted by molar-refractivity contribution is -0.137. The SMILES string of the molecule is O=C(O)CCC/C=C\C[C@H]1C(O)CC[C@@H]1/C=C/[C@@H](O)CCc1cc(Br)c(Br)s1. The maximum Gasteiger partial charge on any atom is 0.303 e. The predicted octanol–water partition coefficient (Wildman–Crippen LogP) is 5.71. The number of carboxylic acid groups (broad SMARTS) is 1. The highest BCUT2D eigenvalue weighted by molar-refractivity contribution is 9.13. The molecule has 0 spiro atoms. The summed E-state index contributed by atoms with van der Waals surface area (Å²) < 4.78 is 2.13. The maximum atomic E-state index is 10.5. The van der Waals surface area contributed by atoms with Gasteiger partial charge >= 0.3 is 5.97 Å². The van der Waals surface area contributed by atoms with Gasteiger partial charge < -0.3 is 15.3 Å². The number of unbranched alkanes of at least 4 members (excludes halogenated alkanes) is 1. The molecule has 0 saturated heterocycles. The Balaban J connectivity index is 1.76. The van der Waals surface area contributed by atoms with Gasteiger partial charge in [0.05, 0.1) is 16.0 Å². The molecule has 2 rings (SSSR count). The van der Waals surface area contributed by atoms with E-state index in [2.05, 4.69) is 50.1 Å². The van der Waals surface area contributed by atoms with Crippen molar-refractivity contribution < 1.29 is 20.1 Å². The van der Waals surface area contributed by atoms with Gasteiger partial charge in [-0.3, -0.25) is 4.79 Å². The molecular formula is C21H28Br2O4S. The van der Waals surface area contributed by atoms with Crippen molar-refractivity contribution in [2.24, 2.45) is 11.8 Å². The van der Waals surface area contributed by atoms with E-state index in [4.69, 9.17) is 5.11 Å². The summed E-state index contributed by atoms with van der Waals surface area (Å²) in [7, 11) is 0. The van der Waals surface area contributed by atoms with Crippen molar-refractivity contribution in [1.29, 1.82) is 0 Å². The number of aryl methyl sites for hydroxylation is 1. The predicted molar refractivity (Wildman–Crippen MR) is 121 cm³/mol. The van der Waals surface area contributed by atoms with Crippen LogP contribution in [0.3, 0.4) is 0 Å². The highest BCUT2D eigenvalue weighted by Crippen LogP contribution is 2.36. The second kappa shape index (κ2) is 12.3.